The van der Waals surface area contributed by atoms with E-state index in [0.29, 0.717) is 21.6 Å². The van der Waals surface area contributed by atoms with Crippen LogP contribution in [0.15, 0.2) is 237 Å². The molecular weight excluding hydrogens is 1820 g/mol. The average molecular weight is 1970 g/mol. The smallest absolute Gasteiger partial charge is 0.182 e. The summed E-state index contributed by atoms with van der Waals surface area (Å²) in [6, 6.07) is 78.8. The summed E-state index contributed by atoms with van der Waals surface area (Å²) < 4.78 is 4.33. The Labute approximate surface area is 845 Å². The molecule has 0 saturated carbocycles. The number of hydrogen-bond acceptors (Lipinski definition) is 10. The third kappa shape index (κ3) is 49.8. The predicted octanol–water partition coefficient (Wildman–Crippen LogP) is 32.6. The molecule has 9 nitrogen and oxygen atoms in total. The Bertz CT molecular complexity index is 4610. The van der Waals surface area contributed by atoms with E-state index in [0.717, 1.165) is 87.6 Å². The minimum absolute atomic E-state index is 0. The fourth-order valence-electron chi connectivity index (χ4n) is 9.83. The van der Waals surface area contributed by atoms with Crippen LogP contribution in [0, 0.1) is 98.7 Å². The molecule has 1 aliphatic carbocycles. The van der Waals surface area contributed by atoms with E-state index in [9.17, 15) is 0 Å². The van der Waals surface area contributed by atoms with Crippen LogP contribution >= 0.6 is 22.7 Å². The largest absolute Gasteiger partial charge is 0.376 e. The molecule has 646 valence electrons. The summed E-state index contributed by atoms with van der Waals surface area (Å²) in [5.74, 6) is 0. The summed E-state index contributed by atoms with van der Waals surface area (Å²) >= 11 is 3.19. The fourth-order valence-corrected chi connectivity index (χ4v) is 11.7. The maximum Gasteiger partial charge on any atom is 0.182 e. The molecule has 0 unspecified atom stereocenters. The van der Waals surface area contributed by atoms with Gasteiger partial charge in [0, 0.05) is 175 Å². The molecule has 0 saturated heterocycles. The van der Waals surface area contributed by atoms with Crippen molar-refractivity contribution >= 4 is 101 Å². The summed E-state index contributed by atoms with van der Waals surface area (Å²) in [4.78, 5) is 1.67. The monoisotopic (exact) mass is 1970 g/mol. The summed E-state index contributed by atoms with van der Waals surface area (Å²) in [7, 11) is 1.92. The Morgan fingerprint density at radius 1 is 0.289 bits per heavy atom. The maximum absolute atomic E-state index is 8.25. The normalized spacial score (nSPS) is 8.56. The number of nitrogens with one attached hydrogen (secondary N) is 8. The quantitative estimate of drug-likeness (QED) is 0.0601. The third-order valence-electron chi connectivity index (χ3n) is 15.2. The fraction of sp³-hybridized carbons (Fsp3) is 0.321. The Morgan fingerprint density at radius 3 is 0.818 bits per heavy atom. The first-order valence-electron chi connectivity index (χ1n) is 42.1. The first-order valence-corrected chi connectivity index (χ1v) is 43.7. The molecule has 0 atom stereocenters. The van der Waals surface area contributed by atoms with Crippen LogP contribution in [0.1, 0.15) is 256 Å². The van der Waals surface area contributed by atoms with Crippen LogP contribution in [0.3, 0.4) is 0 Å². The van der Waals surface area contributed by atoms with E-state index in [4.69, 9.17) is 43.3 Å². The van der Waals surface area contributed by atoms with Gasteiger partial charge in [-0.3, -0.25) is 16.2 Å². The van der Waals surface area contributed by atoms with Gasteiger partial charge in [0.25, 0.3) is 0 Å². The molecule has 14 rings (SSSR count). The number of nitrogens with zero attached hydrogens (tertiary/aromatic N) is 1. The van der Waals surface area contributed by atoms with Gasteiger partial charge < -0.3 is 31.6 Å². The number of hydrogen-bond donors (Lipinski definition) is 8. The summed E-state index contributed by atoms with van der Waals surface area (Å²) in [5, 5.41) is 65.1. The molecule has 2 aromatic heterocycles. The van der Waals surface area contributed by atoms with E-state index in [1.165, 1.54) is 59.5 Å². The molecule has 2 heterocycles. The van der Waals surface area contributed by atoms with Gasteiger partial charge >= 0.3 is 0 Å². The second kappa shape index (κ2) is 87.2. The van der Waals surface area contributed by atoms with Crippen LogP contribution in [0.2, 0.25) is 0 Å². The number of rotatable bonds is 5. The van der Waals surface area contributed by atoms with Crippen molar-refractivity contribution in [2.24, 2.45) is 7.05 Å². The Hall–Kier alpha value is -6.30. The zero-order valence-electron chi connectivity index (χ0n) is 80.6. The summed E-state index contributed by atoms with van der Waals surface area (Å²) in [5.41, 5.74) is 19.6. The van der Waals surface area contributed by atoms with Gasteiger partial charge in [-0.05, 0) is 58.5 Å². The Kier molecular flexibility index (Phi) is 97.5. The molecule has 0 fully saturated rings. The van der Waals surface area contributed by atoms with Crippen molar-refractivity contribution in [3.63, 3.8) is 0 Å². The van der Waals surface area contributed by atoms with E-state index in [1.807, 2.05) is 434 Å². The summed E-state index contributed by atoms with van der Waals surface area (Å²) in [6.07, 6.45) is 9.54. The van der Waals surface area contributed by atoms with Crippen molar-refractivity contribution in [1.29, 1.82) is 43.3 Å². The molecule has 4 radical (unpaired) electrons. The van der Waals surface area contributed by atoms with Crippen molar-refractivity contribution < 1.29 is 131 Å². The van der Waals surface area contributed by atoms with Gasteiger partial charge in [0.05, 0.1) is 21.3 Å². The minimum atomic E-state index is 0. The SMILES string of the molecule is CC.CC.CC.CC.CC.CC.CC.CC.CC.CC.CC.CC.CC(=N)c1cc2ccccc2s1.Cc1ccc(C)c([C-]=N)c1.Cc1ccc(C)c([C-]=N)c1.Cc1ccc(C)c([C-]=N)c1.Cc1ccc(C)c([C-]=N)c1.Cn1c(=N)sc2ccccc21.N=C1c2ccccc2-c2ccccc21.N=c1c2ccccc2ccc2ccccc12.[Y].[Y].[Y].[Y]. The van der Waals surface area contributed by atoms with Gasteiger partial charge in [0.2, 0.25) is 0 Å². The number of benzene rings is 10. The molecule has 0 spiro atoms. The molecule has 13 aromatic rings. The molecule has 0 amide bonds. The van der Waals surface area contributed by atoms with Crippen molar-refractivity contribution in [2.75, 3.05) is 0 Å². The van der Waals surface area contributed by atoms with E-state index in [1.54, 1.807) is 11.3 Å². The van der Waals surface area contributed by atoms with Gasteiger partial charge in [-0.1, -0.05) is 422 Å². The van der Waals surface area contributed by atoms with Crippen molar-refractivity contribution in [3.05, 3.63) is 330 Å². The van der Waals surface area contributed by atoms with Crippen LogP contribution in [0.4, 0.5) is 0 Å². The van der Waals surface area contributed by atoms with Gasteiger partial charge in [-0.25, -0.2) is 0 Å². The molecule has 0 bridgehead atoms. The molecule has 15 heteroatoms. The second-order valence-corrected chi connectivity index (χ2v) is 24.4. The molecule has 8 N–H and O–H groups in total. The van der Waals surface area contributed by atoms with E-state index in [2.05, 4.69) is 67.3 Å². The number of thiazole rings is 1. The Balaban J connectivity index is -0.000000140. The topological polar surface area (TPSA) is 196 Å². The first-order chi connectivity index (χ1) is 56.7. The van der Waals surface area contributed by atoms with Gasteiger partial charge in [0.15, 0.2) is 4.80 Å². The van der Waals surface area contributed by atoms with E-state index in [-0.39, 0.29) is 131 Å². The van der Waals surface area contributed by atoms with Crippen LogP contribution < -0.4 is 10.2 Å². The zero-order chi connectivity index (χ0) is 91.1. The Morgan fingerprint density at radius 2 is 0.545 bits per heavy atom. The van der Waals surface area contributed by atoms with Gasteiger partial charge in [0.1, 0.15) is 0 Å². The van der Waals surface area contributed by atoms with Crippen molar-refractivity contribution in [1.82, 2.24) is 4.57 Å². The minimum Gasteiger partial charge on any atom is -0.376 e. The van der Waals surface area contributed by atoms with Crippen LogP contribution in [-0.2, 0) is 138 Å². The van der Waals surface area contributed by atoms with Crippen LogP contribution in [-0.4, -0.2) is 40.8 Å². The molecule has 0 aliphatic heterocycles. The number of fused-ring (bicyclic) bond motifs is 7. The zero-order valence-corrected chi connectivity index (χ0v) is 93.6. The molecule has 11 aromatic carbocycles. The van der Waals surface area contributed by atoms with E-state index < -0.39 is 0 Å². The third-order valence-corrected chi connectivity index (χ3v) is 17.5. The standard InChI is InChI=1S/C15H11N.C13H9N.C10H9NS.4C9H10N.C8H8N2S.12C2H6.4Y/c16-15-13-7-3-1-5-11(13)9-10-12-6-2-4-8-14(12)15;14-13-11-7-3-1-5-9(11)10-6-2-4-8-12(10)13;1-7(11)10-6-8-4-2-3-5-9(8)12-10;4*1-7-3-4-8(2)9(5-7)6-10;1-10-6-4-2-3-5-7(6)11-8(10)9;12*1-2;;;;/h1-10,16H;1-8,14H;2-6,11H,1H3;4*3-5,10H,1-2H3;2-5,9H,1H3;12*1-2H3;;;;/q;;;4*-1;;;;;;;;;;;;;;;;;. The summed E-state index contributed by atoms with van der Waals surface area (Å²) in [6.45, 7) is 65.8. The maximum atomic E-state index is 8.25. The van der Waals surface area contributed by atoms with E-state index >= 15 is 0 Å². The molecular formula is C106H149N9S2Y4-4. The van der Waals surface area contributed by atoms with Crippen molar-refractivity contribution in [3.8, 4) is 11.1 Å². The van der Waals surface area contributed by atoms with Crippen LogP contribution in [0.5, 0.6) is 0 Å². The number of para-hydroxylation sites is 1. The number of aromatic nitrogens is 1. The first kappa shape index (κ1) is 135. The molecule has 1 aliphatic rings. The number of thiophene rings is 1. The molecule has 121 heavy (non-hydrogen) atoms. The van der Waals surface area contributed by atoms with Gasteiger partial charge in [-0.2, -0.15) is 68.8 Å². The van der Waals surface area contributed by atoms with Crippen molar-refractivity contribution in [2.45, 2.75) is 228 Å². The van der Waals surface area contributed by atoms with Crippen LogP contribution in [0.25, 0.3) is 53.0 Å². The van der Waals surface area contributed by atoms with Gasteiger partial charge in [-0.15, -0.1) is 57.9 Å². The second-order valence-electron chi connectivity index (χ2n) is 22.3. The predicted molar refractivity (Wildman–Crippen MR) is 533 cm³/mol. The number of aryl methyl sites for hydroxylation is 9. The average Bonchev–Trinajstić information content (AvgIpc) is 1.62.